The molecular formula is C20H16Cl2FN3O. The number of carbonyl (C=O) groups is 1. The number of fused-ring (bicyclic) bond motifs is 2. The molecule has 4 aromatic rings. The van der Waals surface area contributed by atoms with Crippen molar-refractivity contribution in [2.75, 3.05) is 6.54 Å². The topological polar surface area (TPSA) is 60.7 Å². The molecule has 2 heterocycles. The molecule has 0 fully saturated rings. The number of aromatic nitrogens is 2. The first-order valence-electron chi connectivity index (χ1n) is 8.45. The highest BCUT2D eigenvalue weighted by Gasteiger charge is 2.14. The van der Waals surface area contributed by atoms with E-state index in [1.54, 1.807) is 18.2 Å². The third kappa shape index (κ3) is 3.40. The summed E-state index contributed by atoms with van der Waals surface area (Å²) in [5.74, 6) is -0.586. The summed E-state index contributed by atoms with van der Waals surface area (Å²) in [5, 5.41) is 5.48. The summed E-state index contributed by atoms with van der Waals surface area (Å²) in [7, 11) is 0. The van der Waals surface area contributed by atoms with Crippen molar-refractivity contribution in [3.8, 4) is 0 Å². The van der Waals surface area contributed by atoms with Crippen LogP contribution in [-0.4, -0.2) is 22.4 Å². The van der Waals surface area contributed by atoms with Crippen LogP contribution in [0.4, 0.5) is 4.39 Å². The van der Waals surface area contributed by atoms with Gasteiger partial charge < -0.3 is 15.3 Å². The molecule has 0 spiro atoms. The molecule has 0 bridgehead atoms. The fourth-order valence-electron chi connectivity index (χ4n) is 3.35. The van der Waals surface area contributed by atoms with Crippen LogP contribution in [-0.2, 0) is 6.42 Å². The number of hydrogen-bond donors (Lipinski definition) is 3. The Morgan fingerprint density at radius 2 is 1.96 bits per heavy atom. The van der Waals surface area contributed by atoms with E-state index in [0.29, 0.717) is 34.2 Å². The smallest absolute Gasteiger partial charge is 0.267 e. The summed E-state index contributed by atoms with van der Waals surface area (Å²) in [6.07, 6.45) is 0.559. The zero-order valence-corrected chi connectivity index (χ0v) is 15.9. The van der Waals surface area contributed by atoms with Crippen molar-refractivity contribution in [2.45, 2.75) is 13.3 Å². The number of nitrogens with one attached hydrogen (secondary N) is 3. The van der Waals surface area contributed by atoms with Crippen LogP contribution in [0.15, 0.2) is 36.4 Å². The van der Waals surface area contributed by atoms with E-state index in [1.807, 2.05) is 13.0 Å². The molecule has 2 aromatic heterocycles. The van der Waals surface area contributed by atoms with Crippen LogP contribution < -0.4 is 5.32 Å². The van der Waals surface area contributed by atoms with Crippen molar-refractivity contribution in [3.05, 3.63) is 69.2 Å². The number of H-pyrrole nitrogens is 2. The minimum atomic E-state index is -0.381. The summed E-state index contributed by atoms with van der Waals surface area (Å²) < 4.78 is 13.7. The van der Waals surface area contributed by atoms with Gasteiger partial charge in [0.15, 0.2) is 0 Å². The molecular weight excluding hydrogens is 388 g/mol. The van der Waals surface area contributed by atoms with Crippen molar-refractivity contribution in [1.82, 2.24) is 15.3 Å². The Balaban J connectivity index is 1.50. The Bertz CT molecular complexity index is 1180. The first kappa shape index (κ1) is 17.9. The molecule has 0 aliphatic carbocycles. The van der Waals surface area contributed by atoms with E-state index in [-0.39, 0.29) is 11.7 Å². The zero-order chi connectivity index (χ0) is 19.1. The average molecular weight is 404 g/mol. The van der Waals surface area contributed by atoms with E-state index < -0.39 is 0 Å². The lowest BCUT2D eigenvalue weighted by Crippen LogP contribution is -2.26. The molecule has 0 saturated carbocycles. The number of aromatic amines is 2. The molecule has 0 aliphatic rings. The Hall–Kier alpha value is -2.50. The molecule has 0 unspecified atom stereocenters. The molecule has 0 radical (unpaired) electrons. The number of benzene rings is 2. The van der Waals surface area contributed by atoms with Crippen LogP contribution >= 0.6 is 23.2 Å². The molecule has 7 heteroatoms. The Morgan fingerprint density at radius 1 is 1.15 bits per heavy atom. The average Bonchev–Trinajstić information content (AvgIpc) is 3.16. The van der Waals surface area contributed by atoms with Crippen LogP contribution in [0.2, 0.25) is 10.0 Å². The number of amides is 1. The van der Waals surface area contributed by atoms with Gasteiger partial charge in [0.1, 0.15) is 11.5 Å². The summed E-state index contributed by atoms with van der Waals surface area (Å²) in [6.45, 7) is 2.32. The number of rotatable bonds is 4. The van der Waals surface area contributed by atoms with Gasteiger partial charge in [0.05, 0.1) is 10.5 Å². The van der Waals surface area contributed by atoms with E-state index in [4.69, 9.17) is 23.2 Å². The van der Waals surface area contributed by atoms with E-state index in [2.05, 4.69) is 15.3 Å². The molecule has 2 aromatic carbocycles. The summed E-state index contributed by atoms with van der Waals surface area (Å²) in [6, 6.07) is 9.92. The monoisotopic (exact) mass is 403 g/mol. The Morgan fingerprint density at radius 3 is 2.78 bits per heavy atom. The first-order valence-corrected chi connectivity index (χ1v) is 9.20. The van der Waals surface area contributed by atoms with Gasteiger partial charge in [-0.1, -0.05) is 23.2 Å². The predicted octanol–water partition coefficient (Wildman–Crippen LogP) is 5.38. The summed E-state index contributed by atoms with van der Waals surface area (Å²) in [4.78, 5) is 18.7. The standard InChI is InChI=1S/C20H16Cl2FN3O/c1-10-14(15-8-13(23)9-16(22)19(15)25-10)4-5-24-20(27)18-7-11-6-12(21)2-3-17(11)26-18/h2-3,6-9,25-26H,4-5H2,1H3,(H,24,27). The van der Waals surface area contributed by atoms with E-state index >= 15 is 0 Å². The molecule has 0 atom stereocenters. The highest BCUT2D eigenvalue weighted by molar-refractivity contribution is 6.35. The van der Waals surface area contributed by atoms with Crippen LogP contribution in [0.3, 0.4) is 0 Å². The van der Waals surface area contributed by atoms with Gasteiger partial charge in [0.25, 0.3) is 5.91 Å². The maximum atomic E-state index is 13.7. The second-order valence-electron chi connectivity index (χ2n) is 6.46. The number of halogens is 3. The van der Waals surface area contributed by atoms with Crippen molar-refractivity contribution in [1.29, 1.82) is 0 Å². The maximum Gasteiger partial charge on any atom is 0.267 e. The fourth-order valence-corrected chi connectivity index (χ4v) is 3.78. The highest BCUT2D eigenvalue weighted by Crippen LogP contribution is 2.29. The van der Waals surface area contributed by atoms with Crippen LogP contribution in [0.5, 0.6) is 0 Å². The minimum absolute atomic E-state index is 0.205. The van der Waals surface area contributed by atoms with Gasteiger partial charge in [-0.05, 0) is 55.3 Å². The van der Waals surface area contributed by atoms with Gasteiger partial charge in [-0.2, -0.15) is 0 Å². The lowest BCUT2D eigenvalue weighted by molar-refractivity contribution is 0.0950. The van der Waals surface area contributed by atoms with Gasteiger partial charge in [0, 0.05) is 33.6 Å². The van der Waals surface area contributed by atoms with Gasteiger partial charge in [-0.15, -0.1) is 0 Å². The van der Waals surface area contributed by atoms with Crippen LogP contribution in [0.25, 0.3) is 21.8 Å². The van der Waals surface area contributed by atoms with E-state index in [9.17, 15) is 9.18 Å². The predicted molar refractivity (Wildman–Crippen MR) is 107 cm³/mol. The van der Waals surface area contributed by atoms with Gasteiger partial charge in [-0.25, -0.2) is 4.39 Å². The van der Waals surface area contributed by atoms with Crippen molar-refractivity contribution in [2.24, 2.45) is 0 Å². The highest BCUT2D eigenvalue weighted by atomic mass is 35.5. The molecule has 4 rings (SSSR count). The minimum Gasteiger partial charge on any atom is -0.357 e. The molecule has 27 heavy (non-hydrogen) atoms. The normalized spacial score (nSPS) is 11.4. The van der Waals surface area contributed by atoms with E-state index in [1.165, 1.54) is 12.1 Å². The van der Waals surface area contributed by atoms with E-state index in [0.717, 1.165) is 27.5 Å². The quantitative estimate of drug-likeness (QED) is 0.421. The maximum absolute atomic E-state index is 13.7. The van der Waals surface area contributed by atoms with Gasteiger partial charge in [-0.3, -0.25) is 4.79 Å². The first-order chi connectivity index (χ1) is 12.9. The molecule has 3 N–H and O–H groups in total. The fraction of sp³-hybridized carbons (Fsp3) is 0.150. The lowest BCUT2D eigenvalue weighted by Gasteiger charge is -2.05. The van der Waals surface area contributed by atoms with Gasteiger partial charge >= 0.3 is 0 Å². The second kappa shape index (κ2) is 6.91. The summed E-state index contributed by atoms with van der Waals surface area (Å²) >= 11 is 12.1. The third-order valence-electron chi connectivity index (χ3n) is 4.63. The SMILES string of the molecule is Cc1[nH]c2c(Cl)cc(F)cc2c1CCNC(=O)c1cc2cc(Cl)ccc2[nH]1. The lowest BCUT2D eigenvalue weighted by atomic mass is 10.1. The zero-order valence-electron chi connectivity index (χ0n) is 14.4. The molecule has 0 saturated heterocycles. The molecule has 0 aliphatic heterocycles. The Kier molecular flexibility index (Phi) is 4.58. The number of hydrogen-bond acceptors (Lipinski definition) is 1. The largest absolute Gasteiger partial charge is 0.357 e. The van der Waals surface area contributed by atoms with Crippen molar-refractivity contribution >= 4 is 50.9 Å². The second-order valence-corrected chi connectivity index (χ2v) is 7.30. The van der Waals surface area contributed by atoms with Crippen LogP contribution in [0, 0.1) is 12.7 Å². The van der Waals surface area contributed by atoms with Crippen molar-refractivity contribution in [3.63, 3.8) is 0 Å². The Labute approximate surface area is 164 Å². The number of carbonyl (C=O) groups excluding carboxylic acids is 1. The van der Waals surface area contributed by atoms with Crippen LogP contribution in [0.1, 0.15) is 21.7 Å². The third-order valence-corrected chi connectivity index (χ3v) is 5.17. The molecule has 1 amide bonds. The van der Waals surface area contributed by atoms with Crippen molar-refractivity contribution < 1.29 is 9.18 Å². The molecule has 4 nitrogen and oxygen atoms in total. The number of aryl methyl sites for hydroxylation is 1. The molecule has 138 valence electrons. The van der Waals surface area contributed by atoms with Gasteiger partial charge in [0.2, 0.25) is 0 Å². The summed E-state index contributed by atoms with van der Waals surface area (Å²) in [5.41, 5.74) is 3.88.